The maximum Gasteiger partial charge on any atom is 0.254 e. The van der Waals surface area contributed by atoms with Gasteiger partial charge in [-0.2, -0.15) is 0 Å². The number of thiazole rings is 1. The monoisotopic (exact) mass is 426 g/mol. The van der Waals surface area contributed by atoms with Gasteiger partial charge < -0.3 is 14.5 Å². The van der Waals surface area contributed by atoms with E-state index in [-0.39, 0.29) is 11.7 Å². The SMILES string of the molecule is CCc1csc(-c2ccc(N3CCN(C(=O)c4ccc(OC)c(F)c4)CC3)nc2)n1. The lowest BCUT2D eigenvalue weighted by atomic mass is 10.1. The van der Waals surface area contributed by atoms with Gasteiger partial charge in [0, 0.05) is 48.9 Å². The summed E-state index contributed by atoms with van der Waals surface area (Å²) in [6.07, 6.45) is 2.78. The highest BCUT2D eigenvalue weighted by molar-refractivity contribution is 7.13. The van der Waals surface area contributed by atoms with Gasteiger partial charge in [-0.3, -0.25) is 4.79 Å². The summed E-state index contributed by atoms with van der Waals surface area (Å²) in [5.41, 5.74) is 2.44. The molecule has 0 bridgehead atoms. The summed E-state index contributed by atoms with van der Waals surface area (Å²) in [7, 11) is 1.40. The number of benzene rings is 1. The molecular formula is C22H23FN4O2S. The predicted molar refractivity (Wildman–Crippen MR) is 116 cm³/mol. The molecule has 1 saturated heterocycles. The molecule has 3 heterocycles. The quantitative estimate of drug-likeness (QED) is 0.620. The van der Waals surface area contributed by atoms with Crippen LogP contribution in [0.15, 0.2) is 41.9 Å². The molecule has 8 heteroatoms. The Balaban J connectivity index is 1.38. The van der Waals surface area contributed by atoms with E-state index >= 15 is 0 Å². The Morgan fingerprint density at radius 2 is 2.00 bits per heavy atom. The van der Waals surface area contributed by atoms with E-state index in [9.17, 15) is 9.18 Å². The number of carbonyl (C=O) groups is 1. The van der Waals surface area contributed by atoms with Crippen molar-refractivity contribution in [2.75, 3.05) is 38.2 Å². The highest BCUT2D eigenvalue weighted by Crippen LogP contribution is 2.25. The summed E-state index contributed by atoms with van der Waals surface area (Å²) in [5, 5.41) is 3.06. The Morgan fingerprint density at radius 1 is 1.20 bits per heavy atom. The minimum Gasteiger partial charge on any atom is -0.494 e. The van der Waals surface area contributed by atoms with Crippen molar-refractivity contribution in [3.63, 3.8) is 0 Å². The second-order valence-electron chi connectivity index (χ2n) is 7.03. The van der Waals surface area contributed by atoms with E-state index < -0.39 is 5.82 Å². The molecule has 3 aromatic rings. The topological polar surface area (TPSA) is 58.6 Å². The molecule has 0 unspecified atom stereocenters. The first-order chi connectivity index (χ1) is 14.6. The van der Waals surface area contributed by atoms with Gasteiger partial charge >= 0.3 is 0 Å². The number of anilines is 1. The molecule has 0 atom stereocenters. The van der Waals surface area contributed by atoms with E-state index in [0.29, 0.717) is 31.7 Å². The van der Waals surface area contributed by atoms with Gasteiger partial charge in [-0.25, -0.2) is 14.4 Å². The molecule has 1 aliphatic rings. The summed E-state index contributed by atoms with van der Waals surface area (Å²) < 4.78 is 18.8. The van der Waals surface area contributed by atoms with Crippen molar-refractivity contribution in [1.82, 2.24) is 14.9 Å². The maximum absolute atomic E-state index is 13.9. The van der Waals surface area contributed by atoms with Crippen LogP contribution in [0.5, 0.6) is 5.75 Å². The molecule has 4 rings (SSSR count). The van der Waals surface area contributed by atoms with Crippen LogP contribution in [0.3, 0.4) is 0 Å². The Bertz CT molecular complexity index is 1030. The molecular weight excluding hydrogens is 403 g/mol. The zero-order valence-electron chi connectivity index (χ0n) is 17.0. The van der Waals surface area contributed by atoms with Crippen LogP contribution >= 0.6 is 11.3 Å². The van der Waals surface area contributed by atoms with E-state index in [4.69, 9.17) is 4.74 Å². The number of pyridine rings is 1. The lowest BCUT2D eigenvalue weighted by molar-refractivity contribution is 0.0746. The number of aryl methyl sites for hydroxylation is 1. The highest BCUT2D eigenvalue weighted by Gasteiger charge is 2.23. The number of amides is 1. The van der Waals surface area contributed by atoms with Crippen LogP contribution < -0.4 is 9.64 Å². The number of piperazine rings is 1. The Morgan fingerprint density at radius 3 is 2.60 bits per heavy atom. The third-order valence-corrected chi connectivity index (χ3v) is 6.14. The molecule has 1 aromatic carbocycles. The summed E-state index contributed by atoms with van der Waals surface area (Å²) in [5.74, 6) is 0.316. The number of aromatic nitrogens is 2. The average Bonchev–Trinajstić information content (AvgIpc) is 3.28. The molecule has 0 aliphatic carbocycles. The van der Waals surface area contributed by atoms with Gasteiger partial charge in [-0.05, 0) is 36.8 Å². The molecule has 1 fully saturated rings. The van der Waals surface area contributed by atoms with Crippen molar-refractivity contribution in [2.24, 2.45) is 0 Å². The molecule has 1 aliphatic heterocycles. The Kier molecular flexibility index (Phi) is 5.94. The molecule has 0 spiro atoms. The normalized spacial score (nSPS) is 14.1. The highest BCUT2D eigenvalue weighted by atomic mass is 32.1. The number of methoxy groups -OCH3 is 1. The average molecular weight is 427 g/mol. The van der Waals surface area contributed by atoms with Gasteiger partial charge in [0.05, 0.1) is 12.8 Å². The third-order valence-electron chi connectivity index (χ3n) is 5.20. The standard InChI is InChI=1S/C22H23FN4O2S/c1-3-17-14-30-21(25-17)16-5-7-20(24-13-16)26-8-10-27(11-9-26)22(28)15-4-6-19(29-2)18(23)12-15/h4-7,12-14H,3,8-11H2,1-2H3. The third kappa shape index (κ3) is 4.14. The first-order valence-corrected chi connectivity index (χ1v) is 10.8. The number of nitrogens with zero attached hydrogens (tertiary/aromatic N) is 4. The lowest BCUT2D eigenvalue weighted by Crippen LogP contribution is -2.49. The van der Waals surface area contributed by atoms with E-state index in [1.165, 1.54) is 19.2 Å². The zero-order valence-corrected chi connectivity index (χ0v) is 17.8. The second kappa shape index (κ2) is 8.79. The van der Waals surface area contributed by atoms with Crippen molar-refractivity contribution in [1.29, 1.82) is 0 Å². The Hall–Kier alpha value is -3.00. The van der Waals surface area contributed by atoms with Crippen LogP contribution in [0.1, 0.15) is 23.0 Å². The first kappa shape index (κ1) is 20.3. The van der Waals surface area contributed by atoms with Gasteiger partial charge in [0.1, 0.15) is 10.8 Å². The minimum absolute atomic E-state index is 0.134. The van der Waals surface area contributed by atoms with Crippen LogP contribution in [0.2, 0.25) is 0 Å². The smallest absolute Gasteiger partial charge is 0.254 e. The minimum atomic E-state index is -0.530. The number of hydrogen-bond acceptors (Lipinski definition) is 6. The number of carbonyl (C=O) groups excluding carboxylic acids is 1. The van der Waals surface area contributed by atoms with Gasteiger partial charge in [0.25, 0.3) is 5.91 Å². The summed E-state index contributed by atoms with van der Waals surface area (Å²) in [6, 6.07) is 8.35. The van der Waals surface area contributed by atoms with Crippen LogP contribution in [0.25, 0.3) is 10.6 Å². The van der Waals surface area contributed by atoms with Gasteiger partial charge in [0.15, 0.2) is 11.6 Å². The van der Waals surface area contributed by atoms with Crippen LogP contribution in [0.4, 0.5) is 10.2 Å². The van der Waals surface area contributed by atoms with E-state index in [2.05, 4.69) is 27.2 Å². The van der Waals surface area contributed by atoms with Crippen molar-refractivity contribution >= 4 is 23.1 Å². The van der Waals surface area contributed by atoms with Crippen molar-refractivity contribution in [3.8, 4) is 16.3 Å². The molecule has 0 radical (unpaired) electrons. The molecule has 156 valence electrons. The van der Waals surface area contributed by atoms with Crippen LogP contribution in [0, 0.1) is 5.82 Å². The van der Waals surface area contributed by atoms with Gasteiger partial charge in [-0.1, -0.05) is 6.92 Å². The number of ether oxygens (including phenoxy) is 1. The molecule has 1 amide bonds. The van der Waals surface area contributed by atoms with Crippen molar-refractivity contribution in [3.05, 3.63) is 59.0 Å². The van der Waals surface area contributed by atoms with Crippen molar-refractivity contribution < 1.29 is 13.9 Å². The first-order valence-electron chi connectivity index (χ1n) is 9.87. The molecule has 6 nitrogen and oxygen atoms in total. The maximum atomic E-state index is 13.9. The fourth-order valence-electron chi connectivity index (χ4n) is 3.42. The number of hydrogen-bond donors (Lipinski definition) is 0. The molecule has 2 aromatic heterocycles. The molecule has 30 heavy (non-hydrogen) atoms. The largest absolute Gasteiger partial charge is 0.494 e. The summed E-state index contributed by atoms with van der Waals surface area (Å²) in [4.78, 5) is 25.8. The molecule has 0 saturated carbocycles. The van der Waals surface area contributed by atoms with E-state index in [0.717, 1.165) is 28.5 Å². The summed E-state index contributed by atoms with van der Waals surface area (Å²) in [6.45, 7) is 4.56. The van der Waals surface area contributed by atoms with Crippen molar-refractivity contribution in [2.45, 2.75) is 13.3 Å². The fraction of sp³-hybridized carbons (Fsp3) is 0.318. The zero-order chi connectivity index (χ0) is 21.1. The van der Waals surface area contributed by atoms with Crippen LogP contribution in [-0.2, 0) is 6.42 Å². The van der Waals surface area contributed by atoms with E-state index in [1.54, 1.807) is 22.3 Å². The number of halogens is 1. The summed E-state index contributed by atoms with van der Waals surface area (Å²) >= 11 is 1.63. The number of rotatable bonds is 5. The van der Waals surface area contributed by atoms with Gasteiger partial charge in [-0.15, -0.1) is 11.3 Å². The fourth-order valence-corrected chi connectivity index (χ4v) is 4.32. The Labute approximate surface area is 178 Å². The van der Waals surface area contributed by atoms with Crippen LogP contribution in [-0.4, -0.2) is 54.1 Å². The lowest BCUT2D eigenvalue weighted by Gasteiger charge is -2.35. The van der Waals surface area contributed by atoms with E-state index in [1.807, 2.05) is 18.3 Å². The molecule has 0 N–H and O–H groups in total. The van der Waals surface area contributed by atoms with Gasteiger partial charge in [0.2, 0.25) is 0 Å². The predicted octanol–water partition coefficient (Wildman–Crippen LogP) is 3.88. The second-order valence-corrected chi connectivity index (χ2v) is 7.89.